The third-order valence-electron chi connectivity index (χ3n) is 6.13. The van der Waals surface area contributed by atoms with Gasteiger partial charge in [0.05, 0.1) is 23.5 Å². The zero-order valence-electron chi connectivity index (χ0n) is 20.0. The molecule has 35 heavy (non-hydrogen) atoms. The molecule has 0 spiro atoms. The van der Waals surface area contributed by atoms with E-state index >= 15 is 0 Å². The lowest BCUT2D eigenvalue weighted by Crippen LogP contribution is -2.35. The van der Waals surface area contributed by atoms with Crippen LogP contribution in [0, 0.1) is 12.7 Å². The van der Waals surface area contributed by atoms with Gasteiger partial charge in [-0.15, -0.1) is 0 Å². The van der Waals surface area contributed by atoms with Crippen molar-refractivity contribution in [1.82, 2.24) is 19.9 Å². The van der Waals surface area contributed by atoms with E-state index in [9.17, 15) is 14.3 Å². The second-order valence-corrected chi connectivity index (χ2v) is 10.1. The molecule has 0 bridgehead atoms. The largest absolute Gasteiger partial charge is 0.487 e. The van der Waals surface area contributed by atoms with E-state index in [-0.39, 0.29) is 28.7 Å². The average molecular weight is 543 g/mol. The van der Waals surface area contributed by atoms with Gasteiger partial charge in [-0.3, -0.25) is 14.8 Å². The summed E-state index contributed by atoms with van der Waals surface area (Å²) in [6, 6.07) is 8.29. The number of hydrogen-bond acceptors (Lipinski definition) is 6. The maximum Gasteiger partial charge on any atom is 0.269 e. The first-order valence-corrected chi connectivity index (χ1v) is 12.1. The molecule has 4 heterocycles. The van der Waals surface area contributed by atoms with Crippen molar-refractivity contribution < 1.29 is 14.2 Å². The summed E-state index contributed by atoms with van der Waals surface area (Å²) in [6.45, 7) is 7.19. The molecule has 0 saturated carbocycles. The summed E-state index contributed by atoms with van der Waals surface area (Å²) >= 11 is 3.39. The van der Waals surface area contributed by atoms with Gasteiger partial charge in [0.15, 0.2) is 0 Å². The van der Waals surface area contributed by atoms with Crippen LogP contribution in [0.25, 0.3) is 0 Å². The zero-order valence-corrected chi connectivity index (χ0v) is 21.6. The summed E-state index contributed by atoms with van der Waals surface area (Å²) in [7, 11) is 0. The number of aromatic nitrogens is 3. The standard InChI is InChI=1S/C26H28BrFN4O3/c1-15-12-30-20(19-6-5-7-23(31-19)26(3,4)34)11-21(15)32-16(2)10-22(24(27)25(32)33)35-14-17-13-29-9-8-18(17)28/h5-10,12-13,20-21,30,34H,11,14H2,1-4H3/t20-,21-/m1/s1. The molecule has 0 amide bonds. The Bertz CT molecular complexity index is 1330. The predicted molar refractivity (Wildman–Crippen MR) is 134 cm³/mol. The van der Waals surface area contributed by atoms with Crippen molar-refractivity contribution in [2.24, 2.45) is 0 Å². The highest BCUT2D eigenvalue weighted by Gasteiger charge is 2.29. The van der Waals surface area contributed by atoms with Crippen molar-refractivity contribution in [3.63, 3.8) is 0 Å². The molecular formula is C26H28BrFN4O3. The number of nitrogens with zero attached hydrogens (tertiary/aromatic N) is 3. The highest BCUT2D eigenvalue weighted by atomic mass is 79.9. The van der Waals surface area contributed by atoms with Gasteiger partial charge in [0.1, 0.15) is 28.2 Å². The van der Waals surface area contributed by atoms with Gasteiger partial charge in [-0.1, -0.05) is 6.07 Å². The number of nitrogens with one attached hydrogen (secondary N) is 1. The van der Waals surface area contributed by atoms with Gasteiger partial charge < -0.3 is 19.7 Å². The number of allylic oxidation sites excluding steroid dienone is 1. The lowest BCUT2D eigenvalue weighted by Gasteiger charge is -2.32. The van der Waals surface area contributed by atoms with Crippen LogP contribution >= 0.6 is 15.9 Å². The smallest absolute Gasteiger partial charge is 0.269 e. The van der Waals surface area contributed by atoms with E-state index < -0.39 is 11.4 Å². The Balaban J connectivity index is 1.62. The maximum atomic E-state index is 13.9. The SMILES string of the molecule is CC1=CN[C@@H](c2cccc(C(C)(C)O)n2)C[C@H]1n1c(C)cc(OCc2cnccc2F)c(Br)c1=O. The molecule has 1 aliphatic heterocycles. The molecule has 0 fully saturated rings. The second kappa shape index (κ2) is 9.91. The summed E-state index contributed by atoms with van der Waals surface area (Å²) in [4.78, 5) is 22.0. The van der Waals surface area contributed by atoms with Crippen molar-refractivity contribution in [2.75, 3.05) is 0 Å². The number of hydrogen-bond donors (Lipinski definition) is 2. The number of ether oxygens (including phenoxy) is 1. The molecule has 1 aliphatic rings. The Morgan fingerprint density at radius 3 is 2.80 bits per heavy atom. The minimum atomic E-state index is -1.05. The van der Waals surface area contributed by atoms with Gasteiger partial charge >= 0.3 is 0 Å². The average Bonchev–Trinajstić information content (AvgIpc) is 2.82. The first kappa shape index (κ1) is 25.1. The molecule has 3 aromatic rings. The second-order valence-electron chi connectivity index (χ2n) is 9.26. The maximum absolute atomic E-state index is 13.9. The molecule has 7 nitrogen and oxygen atoms in total. The molecule has 2 atom stereocenters. The fourth-order valence-electron chi connectivity index (χ4n) is 4.17. The highest BCUT2D eigenvalue weighted by molar-refractivity contribution is 9.10. The van der Waals surface area contributed by atoms with E-state index in [0.717, 1.165) is 17.0 Å². The van der Waals surface area contributed by atoms with Crippen molar-refractivity contribution in [1.29, 1.82) is 0 Å². The van der Waals surface area contributed by atoms with Crippen molar-refractivity contribution in [3.8, 4) is 5.75 Å². The minimum Gasteiger partial charge on any atom is -0.487 e. The van der Waals surface area contributed by atoms with Crippen molar-refractivity contribution in [2.45, 2.75) is 58.4 Å². The van der Waals surface area contributed by atoms with E-state index in [2.05, 4.69) is 31.2 Å². The lowest BCUT2D eigenvalue weighted by atomic mass is 9.93. The number of rotatable bonds is 6. The van der Waals surface area contributed by atoms with Crippen LogP contribution in [0.3, 0.4) is 0 Å². The van der Waals surface area contributed by atoms with Crippen LogP contribution in [0.1, 0.15) is 61.9 Å². The van der Waals surface area contributed by atoms with E-state index in [1.54, 1.807) is 30.5 Å². The van der Waals surface area contributed by atoms with Gasteiger partial charge in [-0.05, 0) is 80.0 Å². The molecular weight excluding hydrogens is 515 g/mol. The van der Waals surface area contributed by atoms with Crippen LogP contribution in [0.4, 0.5) is 4.39 Å². The van der Waals surface area contributed by atoms with Crippen LogP contribution < -0.4 is 15.6 Å². The Hall–Kier alpha value is -3.04. The Labute approximate surface area is 211 Å². The molecule has 0 unspecified atom stereocenters. The topological polar surface area (TPSA) is 89.3 Å². The molecule has 0 radical (unpaired) electrons. The minimum absolute atomic E-state index is 0.0429. The number of aliphatic hydroxyl groups is 1. The summed E-state index contributed by atoms with van der Waals surface area (Å²) in [5.41, 5.74) is 2.12. The molecule has 0 aliphatic carbocycles. The van der Waals surface area contributed by atoms with E-state index in [1.165, 1.54) is 18.5 Å². The zero-order chi connectivity index (χ0) is 25.3. The third-order valence-corrected chi connectivity index (χ3v) is 6.86. The highest BCUT2D eigenvalue weighted by Crippen LogP contribution is 2.35. The fraction of sp³-hybridized carbons (Fsp3) is 0.346. The number of aryl methyl sites for hydroxylation is 1. The Morgan fingerprint density at radius 1 is 1.31 bits per heavy atom. The first-order chi connectivity index (χ1) is 16.6. The summed E-state index contributed by atoms with van der Waals surface area (Å²) in [6.07, 6.45) is 5.28. The molecule has 0 aromatic carbocycles. The summed E-state index contributed by atoms with van der Waals surface area (Å²) < 4.78 is 21.7. The normalized spacial score (nSPS) is 18.1. The van der Waals surface area contributed by atoms with Crippen LogP contribution in [-0.2, 0) is 12.2 Å². The molecule has 0 saturated heterocycles. The molecule has 2 N–H and O–H groups in total. The summed E-state index contributed by atoms with van der Waals surface area (Å²) in [5, 5.41) is 13.7. The van der Waals surface area contributed by atoms with Crippen LogP contribution in [0.2, 0.25) is 0 Å². The van der Waals surface area contributed by atoms with E-state index in [0.29, 0.717) is 23.4 Å². The summed E-state index contributed by atoms with van der Waals surface area (Å²) in [5.74, 6) is -0.0661. The van der Waals surface area contributed by atoms with Gasteiger partial charge in [-0.25, -0.2) is 4.39 Å². The molecule has 4 rings (SSSR count). The fourth-order valence-corrected chi connectivity index (χ4v) is 4.59. The molecule has 9 heteroatoms. The molecule has 3 aromatic heterocycles. The number of pyridine rings is 3. The van der Waals surface area contributed by atoms with Gasteiger partial charge in [-0.2, -0.15) is 0 Å². The Kier molecular flexibility index (Phi) is 7.10. The quantitative estimate of drug-likeness (QED) is 0.463. The van der Waals surface area contributed by atoms with Crippen LogP contribution in [0.15, 0.2) is 63.8 Å². The number of halogens is 2. The Morgan fingerprint density at radius 2 is 2.09 bits per heavy atom. The van der Waals surface area contributed by atoms with Crippen molar-refractivity contribution in [3.05, 3.63) is 97.8 Å². The predicted octanol–water partition coefficient (Wildman–Crippen LogP) is 4.83. The molecule has 184 valence electrons. The third kappa shape index (κ3) is 5.31. The van der Waals surface area contributed by atoms with Crippen molar-refractivity contribution >= 4 is 15.9 Å². The van der Waals surface area contributed by atoms with E-state index in [1.807, 2.05) is 32.2 Å². The van der Waals surface area contributed by atoms with Gasteiger partial charge in [0.2, 0.25) is 0 Å². The van der Waals surface area contributed by atoms with Gasteiger partial charge in [0.25, 0.3) is 5.56 Å². The monoisotopic (exact) mass is 542 g/mol. The van der Waals surface area contributed by atoms with Crippen LogP contribution in [-0.4, -0.2) is 19.6 Å². The van der Waals surface area contributed by atoms with Gasteiger partial charge in [0, 0.05) is 29.7 Å². The first-order valence-electron chi connectivity index (χ1n) is 11.3. The van der Waals surface area contributed by atoms with E-state index in [4.69, 9.17) is 4.74 Å². The van der Waals surface area contributed by atoms with Crippen LogP contribution in [0.5, 0.6) is 5.75 Å². The lowest BCUT2D eigenvalue weighted by molar-refractivity contribution is 0.0735.